The van der Waals surface area contributed by atoms with Gasteiger partial charge >= 0.3 is 0 Å². The van der Waals surface area contributed by atoms with Crippen LogP contribution in [-0.2, 0) is 12.8 Å². The van der Waals surface area contributed by atoms with E-state index >= 15 is 0 Å². The highest BCUT2D eigenvalue weighted by Gasteiger charge is 2.12. The van der Waals surface area contributed by atoms with E-state index in [9.17, 15) is 0 Å². The third kappa shape index (κ3) is 6.77. The summed E-state index contributed by atoms with van der Waals surface area (Å²) in [5, 5.41) is 3.59. The molecule has 0 aliphatic heterocycles. The van der Waals surface area contributed by atoms with Gasteiger partial charge in [-0.1, -0.05) is 58.9 Å². The number of benzene rings is 1. The van der Waals surface area contributed by atoms with Crippen molar-refractivity contribution in [3.63, 3.8) is 0 Å². The Kier molecular flexibility index (Phi) is 7.15. The third-order valence-electron chi connectivity index (χ3n) is 3.58. The Hall–Kier alpha value is -0.820. The first-order valence-electron chi connectivity index (χ1n) is 7.82. The summed E-state index contributed by atoms with van der Waals surface area (Å²) in [4.78, 5) is 0. The molecule has 1 heteroatoms. The molecule has 0 bridgehead atoms. The predicted octanol–water partition coefficient (Wildman–Crippen LogP) is 4.45. The Morgan fingerprint density at radius 2 is 1.53 bits per heavy atom. The Labute approximate surface area is 119 Å². The quantitative estimate of drug-likeness (QED) is 0.729. The summed E-state index contributed by atoms with van der Waals surface area (Å²) in [6.45, 7) is 12.4. The summed E-state index contributed by atoms with van der Waals surface area (Å²) in [7, 11) is 0. The maximum atomic E-state index is 3.59. The number of hydrogen-bond donors (Lipinski definition) is 1. The molecule has 1 unspecified atom stereocenters. The van der Waals surface area contributed by atoms with Crippen molar-refractivity contribution in [2.75, 3.05) is 6.54 Å². The normalized spacial score (nSPS) is 13.2. The predicted molar refractivity (Wildman–Crippen MR) is 85.6 cm³/mol. The van der Waals surface area contributed by atoms with Crippen LogP contribution >= 0.6 is 0 Å². The lowest BCUT2D eigenvalue weighted by molar-refractivity contribution is 0.373. The second kappa shape index (κ2) is 8.37. The SMILES string of the molecule is CCc1ccc(CC(CNC(C)C)CC(C)C)cc1. The molecule has 1 N–H and O–H groups in total. The van der Waals surface area contributed by atoms with E-state index in [1.807, 2.05) is 0 Å². The molecular formula is C18H31N. The summed E-state index contributed by atoms with van der Waals surface area (Å²) in [5.74, 6) is 1.52. The molecule has 0 amide bonds. The van der Waals surface area contributed by atoms with Gasteiger partial charge in [0.2, 0.25) is 0 Å². The molecule has 1 aromatic carbocycles. The monoisotopic (exact) mass is 261 g/mol. The molecule has 1 rings (SSSR count). The molecule has 0 saturated carbocycles. The van der Waals surface area contributed by atoms with Gasteiger partial charge < -0.3 is 5.32 Å². The van der Waals surface area contributed by atoms with Crippen LogP contribution in [0.4, 0.5) is 0 Å². The van der Waals surface area contributed by atoms with Gasteiger partial charge in [-0.3, -0.25) is 0 Å². The molecule has 19 heavy (non-hydrogen) atoms. The summed E-state index contributed by atoms with van der Waals surface area (Å²) < 4.78 is 0. The summed E-state index contributed by atoms with van der Waals surface area (Å²) in [5.41, 5.74) is 2.91. The molecule has 0 aliphatic rings. The van der Waals surface area contributed by atoms with Crippen molar-refractivity contribution in [2.24, 2.45) is 11.8 Å². The molecule has 0 saturated heterocycles. The van der Waals surface area contributed by atoms with Crippen molar-refractivity contribution in [1.82, 2.24) is 5.32 Å². The highest BCUT2D eigenvalue weighted by molar-refractivity contribution is 5.22. The van der Waals surface area contributed by atoms with E-state index in [1.165, 1.54) is 24.0 Å². The van der Waals surface area contributed by atoms with Gasteiger partial charge in [0, 0.05) is 6.04 Å². The minimum Gasteiger partial charge on any atom is -0.314 e. The molecule has 0 radical (unpaired) electrons. The minimum absolute atomic E-state index is 0.581. The number of nitrogens with one attached hydrogen (secondary N) is 1. The van der Waals surface area contributed by atoms with Crippen LogP contribution in [0.15, 0.2) is 24.3 Å². The van der Waals surface area contributed by atoms with Crippen molar-refractivity contribution in [3.8, 4) is 0 Å². The lowest BCUT2D eigenvalue weighted by Crippen LogP contribution is -2.30. The zero-order chi connectivity index (χ0) is 14.3. The van der Waals surface area contributed by atoms with E-state index in [2.05, 4.69) is 64.2 Å². The topological polar surface area (TPSA) is 12.0 Å². The third-order valence-corrected chi connectivity index (χ3v) is 3.58. The molecule has 1 nitrogen and oxygen atoms in total. The zero-order valence-electron chi connectivity index (χ0n) is 13.4. The average Bonchev–Trinajstić information content (AvgIpc) is 2.36. The molecule has 1 atom stereocenters. The molecular weight excluding hydrogens is 230 g/mol. The second-order valence-corrected chi connectivity index (χ2v) is 6.43. The van der Waals surface area contributed by atoms with Crippen LogP contribution in [0.25, 0.3) is 0 Å². The van der Waals surface area contributed by atoms with Crippen molar-refractivity contribution in [1.29, 1.82) is 0 Å². The van der Waals surface area contributed by atoms with Crippen LogP contribution in [0.1, 0.15) is 52.2 Å². The van der Waals surface area contributed by atoms with Crippen molar-refractivity contribution in [2.45, 2.75) is 59.9 Å². The maximum Gasteiger partial charge on any atom is 0.00104 e. The number of aryl methyl sites for hydroxylation is 1. The maximum absolute atomic E-state index is 3.59. The number of rotatable bonds is 8. The standard InChI is InChI=1S/C18H31N/c1-6-16-7-9-17(10-8-16)12-18(11-14(2)3)13-19-15(4)5/h7-10,14-15,18-19H,6,11-13H2,1-5H3. The van der Waals surface area contributed by atoms with Gasteiger partial charge in [0.05, 0.1) is 0 Å². The average molecular weight is 261 g/mol. The van der Waals surface area contributed by atoms with Gasteiger partial charge in [-0.2, -0.15) is 0 Å². The van der Waals surface area contributed by atoms with Crippen LogP contribution < -0.4 is 5.32 Å². The van der Waals surface area contributed by atoms with E-state index in [-0.39, 0.29) is 0 Å². The van der Waals surface area contributed by atoms with E-state index in [4.69, 9.17) is 0 Å². The van der Waals surface area contributed by atoms with E-state index in [0.717, 1.165) is 24.8 Å². The first kappa shape index (κ1) is 16.2. The Balaban J connectivity index is 2.58. The Morgan fingerprint density at radius 1 is 0.947 bits per heavy atom. The lowest BCUT2D eigenvalue weighted by atomic mass is 9.90. The Bertz CT molecular complexity index is 337. The van der Waals surface area contributed by atoms with Gasteiger partial charge in [-0.15, -0.1) is 0 Å². The first-order chi connectivity index (χ1) is 9.01. The van der Waals surface area contributed by atoms with Crippen LogP contribution in [0.2, 0.25) is 0 Å². The van der Waals surface area contributed by atoms with Crippen molar-refractivity contribution < 1.29 is 0 Å². The van der Waals surface area contributed by atoms with Crippen LogP contribution in [0.5, 0.6) is 0 Å². The highest BCUT2D eigenvalue weighted by Crippen LogP contribution is 2.17. The van der Waals surface area contributed by atoms with E-state index in [0.29, 0.717) is 6.04 Å². The van der Waals surface area contributed by atoms with Crippen LogP contribution in [0, 0.1) is 11.8 Å². The summed E-state index contributed by atoms with van der Waals surface area (Å²) >= 11 is 0. The summed E-state index contributed by atoms with van der Waals surface area (Å²) in [6, 6.07) is 9.75. The van der Waals surface area contributed by atoms with Gasteiger partial charge in [-0.05, 0) is 48.8 Å². The van der Waals surface area contributed by atoms with Crippen molar-refractivity contribution in [3.05, 3.63) is 35.4 Å². The van der Waals surface area contributed by atoms with Gasteiger partial charge in [-0.25, -0.2) is 0 Å². The largest absolute Gasteiger partial charge is 0.314 e. The molecule has 0 aliphatic carbocycles. The summed E-state index contributed by atoms with van der Waals surface area (Å²) in [6.07, 6.45) is 3.63. The molecule has 0 spiro atoms. The zero-order valence-corrected chi connectivity index (χ0v) is 13.4. The first-order valence-corrected chi connectivity index (χ1v) is 7.82. The van der Waals surface area contributed by atoms with Gasteiger partial charge in [0.15, 0.2) is 0 Å². The molecule has 0 aromatic heterocycles. The van der Waals surface area contributed by atoms with E-state index in [1.54, 1.807) is 0 Å². The fourth-order valence-corrected chi connectivity index (χ4v) is 2.55. The highest BCUT2D eigenvalue weighted by atomic mass is 14.9. The Morgan fingerprint density at radius 3 is 2.00 bits per heavy atom. The van der Waals surface area contributed by atoms with E-state index < -0.39 is 0 Å². The van der Waals surface area contributed by atoms with Gasteiger partial charge in [0.25, 0.3) is 0 Å². The molecule has 0 heterocycles. The van der Waals surface area contributed by atoms with Crippen molar-refractivity contribution >= 4 is 0 Å². The molecule has 1 aromatic rings. The van der Waals surface area contributed by atoms with Gasteiger partial charge in [0.1, 0.15) is 0 Å². The second-order valence-electron chi connectivity index (χ2n) is 6.43. The minimum atomic E-state index is 0.581. The number of hydrogen-bond acceptors (Lipinski definition) is 1. The lowest BCUT2D eigenvalue weighted by Gasteiger charge is -2.21. The fraction of sp³-hybridized carbons (Fsp3) is 0.667. The van der Waals surface area contributed by atoms with Crippen LogP contribution in [-0.4, -0.2) is 12.6 Å². The van der Waals surface area contributed by atoms with Crippen LogP contribution in [0.3, 0.4) is 0 Å². The molecule has 108 valence electrons. The molecule has 0 fully saturated rings. The smallest absolute Gasteiger partial charge is 0.00104 e. The fourth-order valence-electron chi connectivity index (χ4n) is 2.55.